The minimum absolute atomic E-state index is 0.00734. The SMILES string of the molecule is COCCCN1C(=O)C(C)(C)Oc2ccc(N(C(=O)C3CNC[C@@H](C(=O)N[C@@H](C)C(C)C)C3)C3CC3)cc21. The lowest BCUT2D eigenvalue weighted by atomic mass is 9.88. The van der Waals surface area contributed by atoms with Gasteiger partial charge in [-0.25, -0.2) is 0 Å². The second kappa shape index (κ2) is 11.6. The monoisotopic (exact) mass is 528 g/mol. The van der Waals surface area contributed by atoms with Crippen molar-refractivity contribution in [2.75, 3.05) is 43.2 Å². The predicted octanol–water partition coefficient (Wildman–Crippen LogP) is 3.11. The molecule has 2 N–H and O–H groups in total. The molecule has 2 heterocycles. The highest BCUT2D eigenvalue weighted by molar-refractivity contribution is 6.04. The summed E-state index contributed by atoms with van der Waals surface area (Å²) >= 11 is 0. The maximum atomic E-state index is 13.9. The van der Waals surface area contributed by atoms with Gasteiger partial charge < -0.3 is 29.9 Å². The van der Waals surface area contributed by atoms with Gasteiger partial charge in [0, 0.05) is 51.1 Å². The number of hydrogen-bond donors (Lipinski definition) is 2. The second-order valence-electron chi connectivity index (χ2n) is 11.8. The molecule has 9 heteroatoms. The summed E-state index contributed by atoms with van der Waals surface area (Å²) in [5, 5.41) is 6.43. The molecule has 38 heavy (non-hydrogen) atoms. The summed E-state index contributed by atoms with van der Waals surface area (Å²) in [6, 6.07) is 5.91. The lowest BCUT2D eigenvalue weighted by Gasteiger charge is -2.40. The van der Waals surface area contributed by atoms with E-state index in [2.05, 4.69) is 24.5 Å². The van der Waals surface area contributed by atoms with E-state index in [1.165, 1.54) is 0 Å². The second-order valence-corrected chi connectivity index (χ2v) is 11.8. The van der Waals surface area contributed by atoms with E-state index in [0.717, 1.165) is 18.5 Å². The number of anilines is 2. The molecule has 2 fully saturated rings. The fourth-order valence-corrected chi connectivity index (χ4v) is 5.18. The Kier molecular flexibility index (Phi) is 8.67. The van der Waals surface area contributed by atoms with Crippen molar-refractivity contribution in [3.8, 4) is 5.75 Å². The van der Waals surface area contributed by atoms with E-state index >= 15 is 0 Å². The summed E-state index contributed by atoms with van der Waals surface area (Å²) < 4.78 is 11.3. The van der Waals surface area contributed by atoms with Crippen LogP contribution in [0.2, 0.25) is 0 Å². The lowest BCUT2D eigenvalue weighted by Crippen LogP contribution is -2.53. The van der Waals surface area contributed by atoms with E-state index < -0.39 is 5.60 Å². The summed E-state index contributed by atoms with van der Waals surface area (Å²) in [4.78, 5) is 43.8. The first-order valence-electron chi connectivity index (χ1n) is 14.0. The highest BCUT2D eigenvalue weighted by Crippen LogP contribution is 2.43. The maximum Gasteiger partial charge on any atom is 0.270 e. The van der Waals surface area contributed by atoms with Gasteiger partial charge in [0.05, 0.1) is 17.5 Å². The van der Waals surface area contributed by atoms with Crippen molar-refractivity contribution < 1.29 is 23.9 Å². The van der Waals surface area contributed by atoms with Gasteiger partial charge in [0.25, 0.3) is 5.91 Å². The Morgan fingerprint density at radius 3 is 2.58 bits per heavy atom. The van der Waals surface area contributed by atoms with Gasteiger partial charge >= 0.3 is 0 Å². The normalized spacial score (nSPS) is 23.4. The number of carbonyl (C=O) groups excluding carboxylic acids is 3. The number of nitrogens with one attached hydrogen (secondary N) is 2. The predicted molar refractivity (Wildman–Crippen MR) is 147 cm³/mol. The van der Waals surface area contributed by atoms with Crippen LogP contribution in [0.15, 0.2) is 18.2 Å². The lowest BCUT2D eigenvalue weighted by molar-refractivity contribution is -0.132. The van der Waals surface area contributed by atoms with Crippen LogP contribution in [0.5, 0.6) is 5.75 Å². The van der Waals surface area contributed by atoms with Crippen LogP contribution in [0.1, 0.15) is 60.3 Å². The van der Waals surface area contributed by atoms with Gasteiger partial charge in [0.15, 0.2) is 5.60 Å². The van der Waals surface area contributed by atoms with Crippen molar-refractivity contribution in [3.63, 3.8) is 0 Å². The maximum absolute atomic E-state index is 13.9. The van der Waals surface area contributed by atoms with Crippen LogP contribution in [-0.2, 0) is 19.1 Å². The molecule has 1 aromatic rings. The molecular formula is C29H44N4O5. The Morgan fingerprint density at radius 1 is 1.21 bits per heavy atom. The quantitative estimate of drug-likeness (QED) is 0.453. The van der Waals surface area contributed by atoms with Gasteiger partial charge in [-0.15, -0.1) is 0 Å². The number of fused-ring (bicyclic) bond motifs is 1. The van der Waals surface area contributed by atoms with Crippen LogP contribution < -0.4 is 25.2 Å². The average Bonchev–Trinajstić information content (AvgIpc) is 3.71. The highest BCUT2D eigenvalue weighted by Gasteiger charge is 2.43. The van der Waals surface area contributed by atoms with Crippen LogP contribution in [0, 0.1) is 17.8 Å². The largest absolute Gasteiger partial charge is 0.476 e. The third kappa shape index (κ3) is 6.15. The molecule has 3 amide bonds. The molecule has 1 saturated heterocycles. The van der Waals surface area contributed by atoms with Gasteiger partial charge in [0.2, 0.25) is 11.8 Å². The van der Waals surface area contributed by atoms with Crippen molar-refractivity contribution in [1.82, 2.24) is 10.6 Å². The Balaban J connectivity index is 1.55. The zero-order chi connectivity index (χ0) is 27.6. The fraction of sp³-hybridized carbons (Fsp3) is 0.690. The standard InChI is InChI=1S/C29H44N4O5/c1-18(2)19(3)31-26(34)20-14-21(17-30-16-20)27(35)33(22-8-9-22)23-10-11-25-24(15-23)32(12-7-13-37-6)28(36)29(4,5)38-25/h10-11,15,18-22,30H,7-9,12-14,16-17H2,1-6H3,(H,31,34)/t19-,20-,21?/m0/s1. The van der Waals surface area contributed by atoms with Crippen molar-refractivity contribution in [3.05, 3.63) is 18.2 Å². The fourth-order valence-electron chi connectivity index (χ4n) is 5.18. The molecule has 0 bridgehead atoms. The molecular weight excluding hydrogens is 484 g/mol. The number of piperidine rings is 1. The minimum Gasteiger partial charge on any atom is -0.476 e. The number of methoxy groups -OCH3 is 1. The van der Waals surface area contributed by atoms with Crippen LogP contribution in [0.25, 0.3) is 0 Å². The van der Waals surface area contributed by atoms with Crippen LogP contribution in [0.4, 0.5) is 11.4 Å². The number of amides is 3. The van der Waals surface area contributed by atoms with E-state index in [1.54, 1.807) is 25.9 Å². The van der Waals surface area contributed by atoms with Crippen LogP contribution in [-0.4, -0.2) is 68.8 Å². The van der Waals surface area contributed by atoms with Crippen molar-refractivity contribution in [1.29, 1.82) is 0 Å². The third-order valence-electron chi connectivity index (χ3n) is 7.96. The number of carbonyl (C=O) groups is 3. The van der Waals surface area contributed by atoms with Crippen molar-refractivity contribution >= 4 is 29.1 Å². The smallest absolute Gasteiger partial charge is 0.270 e. The van der Waals surface area contributed by atoms with E-state index in [1.807, 2.05) is 30.0 Å². The van der Waals surface area contributed by atoms with Crippen LogP contribution >= 0.6 is 0 Å². The molecule has 0 radical (unpaired) electrons. The van der Waals surface area contributed by atoms with Gasteiger partial charge in [-0.05, 0) is 70.6 Å². The third-order valence-corrected chi connectivity index (χ3v) is 7.96. The molecule has 210 valence electrons. The van der Waals surface area contributed by atoms with E-state index in [4.69, 9.17) is 9.47 Å². The van der Waals surface area contributed by atoms with Crippen LogP contribution in [0.3, 0.4) is 0 Å². The van der Waals surface area contributed by atoms with Crippen molar-refractivity contribution in [2.45, 2.75) is 78.0 Å². The molecule has 3 atom stereocenters. The molecule has 3 aliphatic rings. The highest BCUT2D eigenvalue weighted by atomic mass is 16.5. The minimum atomic E-state index is -0.968. The zero-order valence-corrected chi connectivity index (χ0v) is 23.7. The Hall–Kier alpha value is -2.65. The summed E-state index contributed by atoms with van der Waals surface area (Å²) in [5.74, 6) is 0.375. The van der Waals surface area contributed by atoms with Gasteiger partial charge in [-0.1, -0.05) is 13.8 Å². The summed E-state index contributed by atoms with van der Waals surface area (Å²) in [6.45, 7) is 11.9. The van der Waals surface area contributed by atoms with Gasteiger partial charge in [0.1, 0.15) is 5.75 Å². The number of rotatable bonds is 10. The number of ether oxygens (including phenoxy) is 2. The molecule has 9 nitrogen and oxygen atoms in total. The Morgan fingerprint density at radius 2 is 1.92 bits per heavy atom. The molecule has 0 aromatic heterocycles. The number of nitrogens with zero attached hydrogens (tertiary/aromatic N) is 2. The number of hydrogen-bond acceptors (Lipinski definition) is 6. The van der Waals surface area contributed by atoms with Crippen molar-refractivity contribution in [2.24, 2.45) is 17.8 Å². The number of benzene rings is 1. The van der Waals surface area contributed by atoms with E-state index in [0.29, 0.717) is 56.4 Å². The first-order valence-corrected chi connectivity index (χ1v) is 14.0. The molecule has 1 saturated carbocycles. The van der Waals surface area contributed by atoms with Gasteiger partial charge in [-0.2, -0.15) is 0 Å². The van der Waals surface area contributed by atoms with E-state index in [9.17, 15) is 14.4 Å². The topological polar surface area (TPSA) is 100 Å². The van der Waals surface area contributed by atoms with Gasteiger partial charge in [-0.3, -0.25) is 14.4 Å². The molecule has 4 rings (SSSR count). The first-order chi connectivity index (χ1) is 18.0. The first kappa shape index (κ1) is 28.4. The Labute approximate surface area is 226 Å². The summed E-state index contributed by atoms with van der Waals surface area (Å²) in [6.07, 6.45) is 3.10. The van der Waals surface area contributed by atoms with E-state index in [-0.39, 0.29) is 41.6 Å². The summed E-state index contributed by atoms with van der Waals surface area (Å²) in [7, 11) is 1.65. The molecule has 0 spiro atoms. The molecule has 2 aliphatic heterocycles. The molecule has 1 aromatic carbocycles. The summed E-state index contributed by atoms with van der Waals surface area (Å²) in [5.41, 5.74) is 0.483. The molecule has 1 unspecified atom stereocenters. The zero-order valence-electron chi connectivity index (χ0n) is 23.7. The molecule has 1 aliphatic carbocycles. The average molecular weight is 529 g/mol. The Bertz CT molecular complexity index is 1040.